The Balaban J connectivity index is 1.63. The van der Waals surface area contributed by atoms with Crippen LogP contribution in [0.1, 0.15) is 27.7 Å². The number of hydrogen-bond acceptors (Lipinski definition) is 5. The monoisotopic (exact) mass is 513 g/mol. The van der Waals surface area contributed by atoms with Gasteiger partial charge in [0.15, 0.2) is 11.5 Å². The number of hydrogen-bond donors (Lipinski definition) is 2. The smallest absolute Gasteiger partial charge is 0.416 e. The number of carbonyl (C=O) groups excluding carboxylic acids is 2. The highest BCUT2D eigenvalue weighted by atomic mass is 35.5. The van der Waals surface area contributed by atoms with Crippen LogP contribution in [0.4, 0.5) is 18.9 Å². The molecular weight excluding hydrogens is 499 g/mol. The van der Waals surface area contributed by atoms with Crippen LogP contribution < -0.4 is 4.90 Å². The fourth-order valence-electron chi connectivity index (χ4n) is 4.18. The van der Waals surface area contributed by atoms with E-state index in [1.165, 1.54) is 30.3 Å². The Morgan fingerprint density at radius 1 is 0.972 bits per heavy atom. The van der Waals surface area contributed by atoms with E-state index < -0.39 is 35.2 Å². The third-order valence-electron chi connectivity index (χ3n) is 5.81. The summed E-state index contributed by atoms with van der Waals surface area (Å²) < 4.78 is 44.8. The van der Waals surface area contributed by atoms with Crippen molar-refractivity contribution >= 4 is 39.9 Å². The third kappa shape index (κ3) is 3.97. The molecule has 0 aliphatic carbocycles. The zero-order chi connectivity index (χ0) is 25.8. The molecule has 1 aliphatic heterocycles. The lowest BCUT2D eigenvalue weighted by molar-refractivity contribution is -0.137. The molecule has 1 aliphatic rings. The molecule has 6 nitrogen and oxygen atoms in total. The van der Waals surface area contributed by atoms with Crippen LogP contribution in [-0.4, -0.2) is 21.9 Å². The predicted molar refractivity (Wildman–Crippen MR) is 125 cm³/mol. The average molecular weight is 514 g/mol. The number of aromatic hydroxyl groups is 1. The van der Waals surface area contributed by atoms with E-state index in [2.05, 4.69) is 0 Å². The Kier molecular flexibility index (Phi) is 5.52. The van der Waals surface area contributed by atoms with Gasteiger partial charge in [0, 0.05) is 16.1 Å². The van der Waals surface area contributed by atoms with Gasteiger partial charge in [-0.25, -0.2) is 0 Å². The second-order valence-corrected chi connectivity index (χ2v) is 8.54. The van der Waals surface area contributed by atoms with Crippen LogP contribution in [0.3, 0.4) is 0 Å². The van der Waals surface area contributed by atoms with Crippen LogP contribution in [0.15, 0.2) is 88.5 Å². The molecule has 3 aromatic carbocycles. The van der Waals surface area contributed by atoms with Crippen LogP contribution in [0.2, 0.25) is 5.02 Å². The summed E-state index contributed by atoms with van der Waals surface area (Å²) in [6.45, 7) is 0. The maximum absolute atomic E-state index is 13.6. The molecule has 0 fully saturated rings. The number of benzene rings is 3. The zero-order valence-electron chi connectivity index (χ0n) is 18.1. The predicted octanol–water partition coefficient (Wildman–Crippen LogP) is 6.59. The topological polar surface area (TPSA) is 91.0 Å². The number of ketones is 1. The van der Waals surface area contributed by atoms with E-state index in [9.17, 15) is 33.0 Å². The maximum Gasteiger partial charge on any atom is 0.416 e. The maximum atomic E-state index is 13.6. The molecule has 1 unspecified atom stereocenters. The Bertz CT molecular complexity index is 1560. The average Bonchev–Trinajstić information content (AvgIpc) is 3.36. The van der Waals surface area contributed by atoms with Crippen molar-refractivity contribution in [2.45, 2.75) is 12.2 Å². The van der Waals surface area contributed by atoms with Gasteiger partial charge in [-0.05, 0) is 66.2 Å². The Morgan fingerprint density at radius 2 is 1.69 bits per heavy atom. The molecule has 1 atom stereocenters. The van der Waals surface area contributed by atoms with Crippen molar-refractivity contribution in [3.05, 3.63) is 106 Å². The molecule has 2 N–H and O–H groups in total. The van der Waals surface area contributed by atoms with E-state index in [-0.39, 0.29) is 28.3 Å². The lowest BCUT2D eigenvalue weighted by atomic mass is 9.94. The summed E-state index contributed by atoms with van der Waals surface area (Å²) in [6, 6.07) is 14.2. The van der Waals surface area contributed by atoms with E-state index in [0.29, 0.717) is 16.0 Å². The fraction of sp³-hybridized carbons (Fsp3) is 0.0769. The number of furan rings is 1. The van der Waals surface area contributed by atoms with E-state index >= 15 is 0 Å². The largest absolute Gasteiger partial charge is 0.508 e. The van der Waals surface area contributed by atoms with Crippen LogP contribution in [0.25, 0.3) is 11.0 Å². The van der Waals surface area contributed by atoms with Gasteiger partial charge >= 0.3 is 6.18 Å². The van der Waals surface area contributed by atoms with Crippen molar-refractivity contribution < 1.29 is 37.4 Å². The number of rotatable bonds is 4. The Hall–Kier alpha value is -4.24. The van der Waals surface area contributed by atoms with Gasteiger partial charge in [0.05, 0.1) is 17.2 Å². The highest BCUT2D eigenvalue weighted by Crippen LogP contribution is 2.43. The second kappa shape index (κ2) is 8.46. The van der Waals surface area contributed by atoms with E-state index in [1.807, 2.05) is 0 Å². The summed E-state index contributed by atoms with van der Waals surface area (Å²) in [5.74, 6) is -3.04. The first-order valence-electron chi connectivity index (χ1n) is 10.5. The molecule has 0 spiro atoms. The normalized spacial score (nSPS) is 16.3. The summed E-state index contributed by atoms with van der Waals surface area (Å²) >= 11 is 6.00. The molecule has 182 valence electrons. The van der Waals surface area contributed by atoms with Crippen LogP contribution in [-0.2, 0) is 11.0 Å². The molecule has 5 rings (SSSR count). The van der Waals surface area contributed by atoms with Gasteiger partial charge in [0.1, 0.15) is 11.3 Å². The first-order valence-corrected chi connectivity index (χ1v) is 10.9. The van der Waals surface area contributed by atoms with E-state index in [0.717, 1.165) is 29.2 Å². The van der Waals surface area contributed by atoms with Crippen molar-refractivity contribution in [2.24, 2.45) is 0 Å². The van der Waals surface area contributed by atoms with Crippen molar-refractivity contribution in [2.75, 3.05) is 4.90 Å². The lowest BCUT2D eigenvalue weighted by Gasteiger charge is -2.27. The fourth-order valence-corrected chi connectivity index (χ4v) is 4.36. The number of aliphatic hydroxyl groups excluding tert-OH is 1. The first kappa shape index (κ1) is 23.5. The molecule has 36 heavy (non-hydrogen) atoms. The number of aliphatic hydroxyl groups is 1. The van der Waals surface area contributed by atoms with Gasteiger partial charge in [0.25, 0.3) is 5.91 Å². The molecule has 10 heteroatoms. The summed E-state index contributed by atoms with van der Waals surface area (Å²) in [5.41, 5.74) is -0.681. The molecule has 1 amide bonds. The number of phenols is 1. The first-order chi connectivity index (χ1) is 17.0. The van der Waals surface area contributed by atoms with Crippen LogP contribution >= 0.6 is 11.6 Å². The summed E-state index contributed by atoms with van der Waals surface area (Å²) in [7, 11) is 0. The summed E-state index contributed by atoms with van der Waals surface area (Å²) in [4.78, 5) is 27.7. The molecule has 0 bridgehead atoms. The quantitative estimate of drug-likeness (QED) is 0.300. The third-order valence-corrected chi connectivity index (χ3v) is 6.05. The van der Waals surface area contributed by atoms with Crippen molar-refractivity contribution in [3.63, 3.8) is 0 Å². The standard InChI is InChI=1S/C26H15ClF3NO5/c27-16-6-9-19-14(10-16)12-20(36-19)23(33)21-22(13-2-1-3-18(32)11-13)31(25(35)24(21)34)17-7-4-15(5-8-17)26(28,29)30/h1-12,22,32,34H. The second-order valence-electron chi connectivity index (χ2n) is 8.10. The number of amides is 1. The minimum Gasteiger partial charge on any atom is -0.508 e. The van der Waals surface area contributed by atoms with Gasteiger partial charge < -0.3 is 14.6 Å². The van der Waals surface area contributed by atoms with Gasteiger partial charge in [-0.2, -0.15) is 13.2 Å². The highest BCUT2D eigenvalue weighted by Gasteiger charge is 2.45. The number of carbonyl (C=O) groups is 2. The molecule has 0 saturated carbocycles. The van der Waals surface area contributed by atoms with Crippen LogP contribution in [0, 0.1) is 0 Å². The lowest BCUT2D eigenvalue weighted by Crippen LogP contribution is -2.31. The number of halogens is 4. The minimum absolute atomic E-state index is 0.00656. The summed E-state index contributed by atoms with van der Waals surface area (Å²) in [6.07, 6.45) is -4.59. The molecule has 0 saturated heterocycles. The number of fused-ring (bicyclic) bond motifs is 1. The zero-order valence-corrected chi connectivity index (χ0v) is 18.8. The van der Waals surface area contributed by atoms with Gasteiger partial charge in [-0.1, -0.05) is 23.7 Å². The van der Waals surface area contributed by atoms with Crippen molar-refractivity contribution in [3.8, 4) is 5.75 Å². The van der Waals surface area contributed by atoms with Gasteiger partial charge in [-0.3, -0.25) is 14.5 Å². The Morgan fingerprint density at radius 3 is 2.36 bits per heavy atom. The molecular formula is C26H15ClF3NO5. The minimum atomic E-state index is -4.59. The molecule has 2 heterocycles. The SMILES string of the molecule is O=C(C1=C(O)C(=O)N(c2ccc(C(F)(F)F)cc2)C1c1cccc(O)c1)c1cc2cc(Cl)ccc2o1. The van der Waals surface area contributed by atoms with Crippen molar-refractivity contribution in [1.29, 1.82) is 0 Å². The highest BCUT2D eigenvalue weighted by molar-refractivity contribution is 6.31. The summed E-state index contributed by atoms with van der Waals surface area (Å²) in [5, 5.41) is 21.7. The van der Waals surface area contributed by atoms with Gasteiger partial charge in [0.2, 0.25) is 5.78 Å². The number of Topliss-reactive ketones (excluding diaryl/α,β-unsaturated/α-hetero) is 1. The van der Waals surface area contributed by atoms with E-state index in [1.54, 1.807) is 18.2 Å². The van der Waals surface area contributed by atoms with Crippen LogP contribution in [0.5, 0.6) is 5.75 Å². The van der Waals surface area contributed by atoms with Gasteiger partial charge in [-0.15, -0.1) is 0 Å². The molecule has 4 aromatic rings. The molecule has 0 radical (unpaired) electrons. The molecule has 1 aromatic heterocycles. The number of anilines is 1. The Labute approximate surface area is 206 Å². The number of nitrogens with zero attached hydrogens (tertiary/aromatic N) is 1. The van der Waals surface area contributed by atoms with E-state index in [4.69, 9.17) is 16.0 Å². The number of phenolic OH excluding ortho intramolecular Hbond substituents is 1. The number of alkyl halides is 3. The van der Waals surface area contributed by atoms with Crippen molar-refractivity contribution in [1.82, 2.24) is 0 Å².